The van der Waals surface area contributed by atoms with Crippen LogP contribution in [0.5, 0.6) is 0 Å². The van der Waals surface area contributed by atoms with Crippen molar-refractivity contribution in [2.24, 2.45) is 11.7 Å². The highest BCUT2D eigenvalue weighted by Crippen LogP contribution is 2.33. The number of rotatable bonds is 9. The minimum absolute atomic E-state index is 0.0130. The van der Waals surface area contributed by atoms with Crippen molar-refractivity contribution in [2.75, 3.05) is 19.8 Å². The zero-order valence-electron chi connectivity index (χ0n) is 37.0. The second-order valence-corrected chi connectivity index (χ2v) is 17.3. The van der Waals surface area contributed by atoms with E-state index < -0.39 is 84.4 Å². The lowest BCUT2D eigenvalue weighted by atomic mass is 9.86. The third-order valence-electron chi connectivity index (χ3n) is 10.9. The van der Waals surface area contributed by atoms with Gasteiger partial charge in [0.05, 0.1) is 75.2 Å². The zero-order valence-corrected chi connectivity index (χ0v) is 37.0. The molecule has 0 aromatic heterocycles. The van der Waals surface area contributed by atoms with Gasteiger partial charge in [0.2, 0.25) is 11.8 Å². The number of aliphatic hydroxyl groups is 4. The number of esters is 2. The molecule has 348 valence electrons. The number of nitrogens with two attached hydrogens (primary N) is 1. The summed E-state index contributed by atoms with van der Waals surface area (Å²) in [5, 5.41) is 45.4. The van der Waals surface area contributed by atoms with E-state index in [1.165, 1.54) is 13.8 Å². The minimum atomic E-state index is -0.921. The van der Waals surface area contributed by atoms with E-state index in [0.29, 0.717) is 13.2 Å². The van der Waals surface area contributed by atoms with Gasteiger partial charge in [0.25, 0.3) is 0 Å². The van der Waals surface area contributed by atoms with Crippen LogP contribution in [-0.2, 0) is 61.8 Å². The molecule has 0 radical (unpaired) electrons. The molecule has 60 heavy (non-hydrogen) atoms. The van der Waals surface area contributed by atoms with Crippen LogP contribution in [0.3, 0.4) is 0 Å². The molecule has 20 nitrogen and oxygen atoms in total. The van der Waals surface area contributed by atoms with Gasteiger partial charge in [-0.3, -0.25) is 19.2 Å². The number of amides is 2. The Morgan fingerprint density at radius 2 is 1.10 bits per heavy atom. The van der Waals surface area contributed by atoms with Crippen LogP contribution >= 0.6 is 0 Å². The maximum atomic E-state index is 12.1. The summed E-state index contributed by atoms with van der Waals surface area (Å²) in [4.78, 5) is 45.8. The lowest BCUT2D eigenvalue weighted by Crippen LogP contribution is -2.67. The number of ether oxygens (including phenoxy) is 9. The van der Waals surface area contributed by atoms with Crippen LogP contribution in [0, 0.1) is 5.92 Å². The summed E-state index contributed by atoms with van der Waals surface area (Å²) >= 11 is 0. The average Bonchev–Trinajstić information content (AvgIpc) is 3.12. The molecule has 15 unspecified atom stereocenters. The monoisotopic (exact) mass is 865 g/mol. The van der Waals surface area contributed by atoms with Gasteiger partial charge in [0, 0.05) is 19.8 Å². The van der Waals surface area contributed by atoms with Crippen molar-refractivity contribution in [1.82, 2.24) is 10.6 Å². The predicted molar refractivity (Wildman–Crippen MR) is 211 cm³/mol. The molecule has 20 heteroatoms. The third kappa shape index (κ3) is 14.8. The van der Waals surface area contributed by atoms with Crippen LogP contribution in [0.2, 0.25) is 0 Å². The molecular formula is C40H71N3O17. The summed E-state index contributed by atoms with van der Waals surface area (Å²) < 4.78 is 49.2. The molecule has 0 aromatic carbocycles. The molecule has 8 N–H and O–H groups in total. The number of carbonyl (C=O) groups is 4. The zero-order chi connectivity index (χ0) is 45.4. The predicted octanol–water partition coefficient (Wildman–Crippen LogP) is -0.684. The standard InChI is InChI=1S/C16H27NO7.C14H25NO6.C10H19NO4/c1-8(22-10(3)18)6-12(19)17-13-9(2)23-11-7-21-16(4,5)24-15(11)14(13)20;1-7(20-10(4)17)5-12(18)15-13-8(2)14(19)11(6-16)21-9(13)3;1-5-7(11)8(12)9-6(14-5)4-13-10(2,3)15-9/h8-9,11,13-15,20H,6-7H2,1-5H3,(H,17,19);7-9,11,13-14,16,19H,5-6H2,1-4H3,(H,15,18);5-9,12H,4,11H2,1-3H3/t8-,9?,11?,13?,14?,15?;7-,8?,9?,11?,13?,14?;/m11./s1. The first-order valence-electron chi connectivity index (χ1n) is 20.7. The summed E-state index contributed by atoms with van der Waals surface area (Å²) in [6.07, 6.45) is -6.54. The summed E-state index contributed by atoms with van der Waals surface area (Å²) in [5.41, 5.74) is 5.82. The van der Waals surface area contributed by atoms with Crippen molar-refractivity contribution in [2.45, 2.75) is 205 Å². The fourth-order valence-corrected chi connectivity index (χ4v) is 7.83. The van der Waals surface area contributed by atoms with Crippen LogP contribution < -0.4 is 16.4 Å². The molecule has 5 aliphatic heterocycles. The van der Waals surface area contributed by atoms with Gasteiger partial charge in [-0.1, -0.05) is 6.92 Å². The highest BCUT2D eigenvalue weighted by molar-refractivity contribution is 5.78. The Kier molecular flexibility index (Phi) is 19.1. The van der Waals surface area contributed by atoms with E-state index in [4.69, 9.17) is 53.5 Å². The Bertz CT molecular complexity index is 1420. The van der Waals surface area contributed by atoms with Crippen molar-refractivity contribution >= 4 is 23.8 Å². The van der Waals surface area contributed by atoms with Gasteiger partial charge < -0.3 is 79.4 Å². The molecule has 17 atom stereocenters. The topological polar surface area (TPSA) is 282 Å². The van der Waals surface area contributed by atoms with E-state index in [-0.39, 0.29) is 73.7 Å². The third-order valence-corrected chi connectivity index (χ3v) is 10.9. The highest BCUT2D eigenvalue weighted by atomic mass is 16.7. The highest BCUT2D eigenvalue weighted by Gasteiger charge is 2.51. The number of carbonyl (C=O) groups excluding carboxylic acids is 4. The molecule has 0 bridgehead atoms. The summed E-state index contributed by atoms with van der Waals surface area (Å²) in [5.74, 6) is -3.21. The number of hydrogen-bond acceptors (Lipinski definition) is 18. The molecule has 5 fully saturated rings. The van der Waals surface area contributed by atoms with E-state index in [1.54, 1.807) is 48.5 Å². The summed E-state index contributed by atoms with van der Waals surface area (Å²) in [7, 11) is 0. The maximum absolute atomic E-state index is 12.1. The molecule has 0 aromatic rings. The van der Waals surface area contributed by atoms with Gasteiger partial charge in [-0.15, -0.1) is 0 Å². The number of fused-ring (bicyclic) bond motifs is 2. The molecule has 0 aliphatic carbocycles. The van der Waals surface area contributed by atoms with Gasteiger partial charge in [-0.2, -0.15) is 0 Å². The smallest absolute Gasteiger partial charge is 0.302 e. The molecule has 5 heterocycles. The van der Waals surface area contributed by atoms with Crippen LogP contribution in [-0.4, -0.2) is 173 Å². The van der Waals surface area contributed by atoms with E-state index in [0.717, 1.165) is 0 Å². The van der Waals surface area contributed by atoms with Gasteiger partial charge in [0.1, 0.15) is 54.9 Å². The summed E-state index contributed by atoms with van der Waals surface area (Å²) in [6, 6.07) is -1.38. The molecule has 5 rings (SSSR count). The van der Waals surface area contributed by atoms with Crippen LogP contribution in [0.15, 0.2) is 0 Å². The van der Waals surface area contributed by atoms with E-state index in [2.05, 4.69) is 10.6 Å². The van der Waals surface area contributed by atoms with Crippen LogP contribution in [0.4, 0.5) is 0 Å². The van der Waals surface area contributed by atoms with Gasteiger partial charge >= 0.3 is 11.9 Å². The molecule has 0 spiro atoms. The first-order chi connectivity index (χ1) is 27.7. The Morgan fingerprint density at radius 1 is 0.683 bits per heavy atom. The average molecular weight is 866 g/mol. The Balaban J connectivity index is 0.000000246. The largest absolute Gasteiger partial charge is 0.462 e. The van der Waals surface area contributed by atoms with E-state index in [1.807, 2.05) is 20.8 Å². The quantitative estimate of drug-likeness (QED) is 0.141. The van der Waals surface area contributed by atoms with Crippen molar-refractivity contribution in [3.8, 4) is 0 Å². The number of hydrogen-bond donors (Lipinski definition) is 7. The van der Waals surface area contributed by atoms with Gasteiger partial charge in [0.15, 0.2) is 11.6 Å². The first kappa shape index (κ1) is 51.7. The first-order valence-corrected chi connectivity index (χ1v) is 20.7. The van der Waals surface area contributed by atoms with E-state index in [9.17, 15) is 34.5 Å². The van der Waals surface area contributed by atoms with Crippen molar-refractivity contribution in [3.63, 3.8) is 0 Å². The molecular weight excluding hydrogens is 794 g/mol. The van der Waals surface area contributed by atoms with Crippen molar-refractivity contribution in [1.29, 1.82) is 0 Å². The normalized spacial score (nSPS) is 38.9. The Morgan fingerprint density at radius 3 is 1.55 bits per heavy atom. The Labute approximate surface area is 352 Å². The second-order valence-electron chi connectivity index (χ2n) is 17.3. The number of aliphatic hydroxyl groups excluding tert-OH is 4. The maximum Gasteiger partial charge on any atom is 0.302 e. The Hall–Kier alpha value is -2.60. The van der Waals surface area contributed by atoms with Gasteiger partial charge in [-0.05, 0) is 62.3 Å². The van der Waals surface area contributed by atoms with E-state index >= 15 is 0 Å². The summed E-state index contributed by atoms with van der Waals surface area (Å²) in [6.45, 7) is 20.7. The van der Waals surface area contributed by atoms with Gasteiger partial charge in [-0.25, -0.2) is 0 Å². The SMILES string of the molecule is CC(=O)O[C@H](C)CC(=O)NC1C(C)OC(CO)C(O)C1C.CC(=O)O[C@H](C)CC(=O)NC1C(C)OC2COC(C)(C)OC2C1O.CC1OC2COC(C)(C)OC2C(O)C1N. The molecule has 2 amide bonds. The fraction of sp³-hybridized carbons (Fsp3) is 0.900. The van der Waals surface area contributed by atoms with Crippen LogP contribution in [0.1, 0.15) is 95.9 Å². The van der Waals surface area contributed by atoms with Crippen LogP contribution in [0.25, 0.3) is 0 Å². The molecule has 0 saturated carbocycles. The lowest BCUT2D eigenvalue weighted by molar-refractivity contribution is -0.346. The van der Waals surface area contributed by atoms with Crippen molar-refractivity contribution in [3.05, 3.63) is 0 Å². The molecule has 5 saturated heterocycles. The lowest BCUT2D eigenvalue weighted by Gasteiger charge is -2.49. The van der Waals surface area contributed by atoms with Crippen molar-refractivity contribution < 1.29 is 82.2 Å². The second kappa shape index (κ2) is 22.2. The molecule has 5 aliphatic rings. The minimum Gasteiger partial charge on any atom is -0.462 e. The number of nitrogens with one attached hydrogen (secondary N) is 2. The fourth-order valence-electron chi connectivity index (χ4n) is 7.83.